The van der Waals surface area contributed by atoms with E-state index in [0.717, 1.165) is 30.9 Å². The maximum Gasteiger partial charge on any atom is 0.122 e. The SMILES string of the molecule is CCC(OC)c1nc2c(s1)CNCC2. The van der Waals surface area contributed by atoms with Gasteiger partial charge in [-0.15, -0.1) is 11.3 Å². The van der Waals surface area contributed by atoms with E-state index in [1.54, 1.807) is 18.4 Å². The van der Waals surface area contributed by atoms with Crippen LogP contribution in [0.1, 0.15) is 35.0 Å². The Bertz CT molecular complexity index is 284. The van der Waals surface area contributed by atoms with Crippen molar-refractivity contribution in [1.29, 1.82) is 0 Å². The number of ether oxygens (including phenoxy) is 1. The summed E-state index contributed by atoms with van der Waals surface area (Å²) in [5.41, 5.74) is 1.28. The van der Waals surface area contributed by atoms with Crippen molar-refractivity contribution >= 4 is 11.3 Å². The summed E-state index contributed by atoms with van der Waals surface area (Å²) in [7, 11) is 1.76. The van der Waals surface area contributed by atoms with Crippen molar-refractivity contribution in [3.8, 4) is 0 Å². The minimum Gasteiger partial charge on any atom is -0.374 e. The van der Waals surface area contributed by atoms with Gasteiger partial charge in [-0.2, -0.15) is 0 Å². The summed E-state index contributed by atoms with van der Waals surface area (Å²) >= 11 is 1.79. The highest BCUT2D eigenvalue weighted by molar-refractivity contribution is 7.11. The fourth-order valence-corrected chi connectivity index (χ4v) is 2.97. The van der Waals surface area contributed by atoms with Crippen LogP contribution in [0, 0.1) is 0 Å². The Morgan fingerprint density at radius 2 is 2.50 bits per heavy atom. The summed E-state index contributed by atoms with van der Waals surface area (Å²) in [6.45, 7) is 4.17. The first-order valence-corrected chi connectivity index (χ1v) is 5.88. The molecule has 0 fully saturated rings. The van der Waals surface area contributed by atoms with Crippen LogP contribution in [0.15, 0.2) is 0 Å². The first kappa shape index (κ1) is 10.1. The number of thiazole rings is 1. The Balaban J connectivity index is 2.22. The standard InChI is InChI=1S/C10H16N2OS/c1-3-8(13-2)10-12-7-4-5-11-6-9(7)14-10/h8,11H,3-6H2,1-2H3. The number of fused-ring (bicyclic) bond motifs is 1. The van der Waals surface area contributed by atoms with Crippen LogP contribution in [0.5, 0.6) is 0 Å². The van der Waals surface area contributed by atoms with Gasteiger partial charge in [-0.05, 0) is 6.42 Å². The summed E-state index contributed by atoms with van der Waals surface area (Å²) in [4.78, 5) is 6.04. The zero-order valence-corrected chi connectivity index (χ0v) is 9.49. The molecule has 1 N–H and O–H groups in total. The Kier molecular flexibility index (Phi) is 3.15. The fraction of sp³-hybridized carbons (Fsp3) is 0.700. The van der Waals surface area contributed by atoms with E-state index in [4.69, 9.17) is 4.74 Å². The van der Waals surface area contributed by atoms with E-state index >= 15 is 0 Å². The average molecular weight is 212 g/mol. The van der Waals surface area contributed by atoms with E-state index < -0.39 is 0 Å². The van der Waals surface area contributed by atoms with Crippen LogP contribution in [-0.2, 0) is 17.7 Å². The van der Waals surface area contributed by atoms with Crippen LogP contribution in [0.3, 0.4) is 0 Å². The third-order valence-corrected chi connectivity index (χ3v) is 3.74. The quantitative estimate of drug-likeness (QED) is 0.830. The van der Waals surface area contributed by atoms with Crippen molar-refractivity contribution < 1.29 is 4.74 Å². The molecule has 1 aliphatic rings. The van der Waals surface area contributed by atoms with E-state index in [9.17, 15) is 0 Å². The van der Waals surface area contributed by atoms with E-state index in [-0.39, 0.29) is 6.10 Å². The number of rotatable bonds is 3. The molecule has 1 atom stereocenters. The van der Waals surface area contributed by atoms with Crippen molar-refractivity contribution in [1.82, 2.24) is 10.3 Å². The van der Waals surface area contributed by atoms with Gasteiger partial charge in [-0.1, -0.05) is 6.92 Å². The largest absolute Gasteiger partial charge is 0.374 e. The highest BCUT2D eigenvalue weighted by Gasteiger charge is 2.19. The molecule has 0 radical (unpaired) electrons. The minimum atomic E-state index is 0.186. The monoisotopic (exact) mass is 212 g/mol. The second-order valence-electron chi connectivity index (χ2n) is 3.48. The third kappa shape index (κ3) is 1.82. The Morgan fingerprint density at radius 3 is 3.14 bits per heavy atom. The van der Waals surface area contributed by atoms with Gasteiger partial charge in [0.05, 0.1) is 5.69 Å². The van der Waals surface area contributed by atoms with Crippen LogP contribution in [0.25, 0.3) is 0 Å². The molecule has 78 valence electrons. The zero-order chi connectivity index (χ0) is 9.97. The van der Waals surface area contributed by atoms with Gasteiger partial charge < -0.3 is 10.1 Å². The summed E-state index contributed by atoms with van der Waals surface area (Å²) in [6, 6.07) is 0. The Hall–Kier alpha value is -0.450. The molecular formula is C10H16N2OS. The predicted molar refractivity (Wildman–Crippen MR) is 57.6 cm³/mol. The molecule has 1 aromatic rings. The molecular weight excluding hydrogens is 196 g/mol. The van der Waals surface area contributed by atoms with Crippen LogP contribution in [-0.4, -0.2) is 18.6 Å². The van der Waals surface area contributed by atoms with Gasteiger partial charge in [0.2, 0.25) is 0 Å². The lowest BCUT2D eigenvalue weighted by Crippen LogP contribution is -2.22. The van der Waals surface area contributed by atoms with E-state index in [1.165, 1.54) is 10.6 Å². The highest BCUT2D eigenvalue weighted by atomic mass is 32.1. The molecule has 0 bridgehead atoms. The lowest BCUT2D eigenvalue weighted by Gasteiger charge is -2.09. The number of aromatic nitrogens is 1. The maximum atomic E-state index is 5.39. The topological polar surface area (TPSA) is 34.1 Å². The molecule has 0 spiro atoms. The molecule has 1 unspecified atom stereocenters. The minimum absolute atomic E-state index is 0.186. The third-order valence-electron chi connectivity index (χ3n) is 2.55. The van der Waals surface area contributed by atoms with Gasteiger partial charge in [-0.3, -0.25) is 0 Å². The van der Waals surface area contributed by atoms with E-state index in [0.29, 0.717) is 0 Å². The molecule has 1 aliphatic heterocycles. The Labute approximate surface area is 88.5 Å². The smallest absolute Gasteiger partial charge is 0.122 e. The van der Waals surface area contributed by atoms with Gasteiger partial charge >= 0.3 is 0 Å². The van der Waals surface area contributed by atoms with Crippen LogP contribution >= 0.6 is 11.3 Å². The first-order chi connectivity index (χ1) is 6.85. The molecule has 14 heavy (non-hydrogen) atoms. The van der Waals surface area contributed by atoms with E-state index in [2.05, 4.69) is 17.2 Å². The second-order valence-corrected chi connectivity index (χ2v) is 4.60. The van der Waals surface area contributed by atoms with Crippen molar-refractivity contribution in [3.63, 3.8) is 0 Å². The zero-order valence-electron chi connectivity index (χ0n) is 8.67. The molecule has 0 saturated heterocycles. The summed E-state index contributed by atoms with van der Waals surface area (Å²) < 4.78 is 5.39. The van der Waals surface area contributed by atoms with Crippen molar-refractivity contribution in [2.75, 3.05) is 13.7 Å². The average Bonchev–Trinajstić information content (AvgIpc) is 2.63. The molecule has 0 aliphatic carbocycles. The lowest BCUT2D eigenvalue weighted by molar-refractivity contribution is 0.0996. The van der Waals surface area contributed by atoms with Crippen molar-refractivity contribution in [2.24, 2.45) is 0 Å². The normalized spacial score (nSPS) is 17.9. The predicted octanol–water partition coefficient (Wildman–Crippen LogP) is 1.89. The number of nitrogens with one attached hydrogen (secondary N) is 1. The molecule has 3 nitrogen and oxygen atoms in total. The number of hydrogen-bond acceptors (Lipinski definition) is 4. The molecule has 0 saturated carbocycles. The molecule has 1 aromatic heterocycles. The highest BCUT2D eigenvalue weighted by Crippen LogP contribution is 2.29. The fourth-order valence-electron chi connectivity index (χ4n) is 1.73. The molecule has 0 amide bonds. The number of methoxy groups -OCH3 is 1. The van der Waals surface area contributed by atoms with Crippen LogP contribution in [0.4, 0.5) is 0 Å². The molecule has 0 aromatic carbocycles. The number of nitrogens with zero attached hydrogens (tertiary/aromatic N) is 1. The van der Waals surface area contributed by atoms with Gasteiger partial charge in [-0.25, -0.2) is 4.98 Å². The maximum absolute atomic E-state index is 5.39. The van der Waals surface area contributed by atoms with Gasteiger partial charge in [0.15, 0.2) is 0 Å². The van der Waals surface area contributed by atoms with Crippen LogP contribution in [0.2, 0.25) is 0 Å². The molecule has 4 heteroatoms. The van der Waals surface area contributed by atoms with Crippen molar-refractivity contribution in [3.05, 3.63) is 15.6 Å². The van der Waals surface area contributed by atoms with Gasteiger partial charge in [0.25, 0.3) is 0 Å². The summed E-state index contributed by atoms with van der Waals surface area (Å²) in [5, 5.41) is 4.50. The van der Waals surface area contributed by atoms with Crippen molar-refractivity contribution in [2.45, 2.75) is 32.4 Å². The molecule has 2 rings (SSSR count). The van der Waals surface area contributed by atoms with Crippen LogP contribution < -0.4 is 5.32 Å². The Morgan fingerprint density at radius 1 is 1.64 bits per heavy atom. The number of hydrogen-bond donors (Lipinski definition) is 1. The summed E-state index contributed by atoms with van der Waals surface area (Å²) in [5.74, 6) is 0. The molecule has 2 heterocycles. The van der Waals surface area contributed by atoms with Gasteiger partial charge in [0, 0.05) is 31.5 Å². The second kappa shape index (κ2) is 4.38. The first-order valence-electron chi connectivity index (χ1n) is 5.07. The van der Waals surface area contributed by atoms with E-state index in [1.807, 2.05) is 0 Å². The summed E-state index contributed by atoms with van der Waals surface area (Å²) in [6.07, 6.45) is 2.24. The van der Waals surface area contributed by atoms with Gasteiger partial charge in [0.1, 0.15) is 11.1 Å². The lowest BCUT2D eigenvalue weighted by atomic mass is 10.2.